The number of carboxylic acid groups (broad SMARTS) is 1. The van der Waals surface area contributed by atoms with Crippen LogP contribution in [0.15, 0.2) is 18.2 Å². The van der Waals surface area contributed by atoms with Crippen LogP contribution in [-0.2, 0) is 9.59 Å². The Hall–Kier alpha value is -2.16. The van der Waals surface area contributed by atoms with Gasteiger partial charge in [-0.1, -0.05) is 19.9 Å². The number of aliphatic carboxylic acids is 1. The highest BCUT2D eigenvalue weighted by molar-refractivity contribution is 7.99. The molecule has 138 valence electrons. The van der Waals surface area contributed by atoms with Gasteiger partial charge in [-0.25, -0.2) is 8.78 Å². The number of hydrogen-bond donors (Lipinski definition) is 3. The standard InChI is InChI=1S/C16H20F2N2O4S/c1-9(2)14(16(24)19-6-7-25-8-12(21)22)20-15(23)13-10(17)4-3-5-11(13)18/h3-5,9,14H,6-8H2,1-2H3,(H,19,24)(H,20,23)(H,21,22). The molecule has 0 aliphatic rings. The number of carbonyl (C=O) groups excluding carboxylic acids is 2. The Morgan fingerprint density at radius 2 is 1.80 bits per heavy atom. The molecule has 0 heterocycles. The van der Waals surface area contributed by atoms with Crippen molar-refractivity contribution in [1.82, 2.24) is 10.6 Å². The maximum absolute atomic E-state index is 13.7. The number of carboxylic acids is 1. The van der Waals surface area contributed by atoms with E-state index in [2.05, 4.69) is 10.6 Å². The number of nitrogens with one attached hydrogen (secondary N) is 2. The highest BCUT2D eigenvalue weighted by Crippen LogP contribution is 2.13. The van der Waals surface area contributed by atoms with Gasteiger partial charge >= 0.3 is 5.97 Å². The van der Waals surface area contributed by atoms with Crippen LogP contribution in [0.1, 0.15) is 24.2 Å². The third-order valence-corrected chi connectivity index (χ3v) is 4.14. The highest BCUT2D eigenvalue weighted by atomic mass is 32.2. The lowest BCUT2D eigenvalue weighted by Gasteiger charge is -2.22. The Balaban J connectivity index is 2.66. The second-order valence-corrected chi connectivity index (χ2v) is 6.63. The number of benzene rings is 1. The molecule has 1 aromatic carbocycles. The zero-order chi connectivity index (χ0) is 19.0. The molecule has 0 aliphatic heterocycles. The summed E-state index contributed by atoms with van der Waals surface area (Å²) in [4.78, 5) is 34.7. The van der Waals surface area contributed by atoms with Crippen molar-refractivity contribution in [3.05, 3.63) is 35.4 Å². The molecule has 1 rings (SSSR count). The maximum Gasteiger partial charge on any atom is 0.313 e. The summed E-state index contributed by atoms with van der Waals surface area (Å²) >= 11 is 1.14. The van der Waals surface area contributed by atoms with Crippen LogP contribution in [0.4, 0.5) is 8.78 Å². The van der Waals surface area contributed by atoms with E-state index in [0.29, 0.717) is 5.75 Å². The zero-order valence-electron chi connectivity index (χ0n) is 13.8. The summed E-state index contributed by atoms with van der Waals surface area (Å²) in [5.41, 5.74) is -0.738. The van der Waals surface area contributed by atoms with Crippen LogP contribution in [0, 0.1) is 17.6 Å². The Morgan fingerprint density at radius 3 is 2.32 bits per heavy atom. The van der Waals surface area contributed by atoms with Gasteiger partial charge in [-0.15, -0.1) is 11.8 Å². The molecular weight excluding hydrogens is 354 g/mol. The minimum atomic E-state index is -1.01. The van der Waals surface area contributed by atoms with Gasteiger partial charge in [0.15, 0.2) is 0 Å². The molecule has 0 saturated heterocycles. The molecule has 2 amide bonds. The van der Waals surface area contributed by atoms with E-state index in [-0.39, 0.29) is 18.2 Å². The van der Waals surface area contributed by atoms with Crippen LogP contribution in [0.5, 0.6) is 0 Å². The molecule has 1 aromatic rings. The molecule has 0 aromatic heterocycles. The van der Waals surface area contributed by atoms with E-state index in [0.717, 1.165) is 30.0 Å². The fourth-order valence-corrected chi connectivity index (χ4v) is 2.54. The van der Waals surface area contributed by atoms with Crippen molar-refractivity contribution in [1.29, 1.82) is 0 Å². The Bertz CT molecular complexity index is 620. The minimum Gasteiger partial charge on any atom is -0.481 e. The van der Waals surface area contributed by atoms with Gasteiger partial charge in [0.2, 0.25) is 5.91 Å². The van der Waals surface area contributed by atoms with Crippen LogP contribution in [0.2, 0.25) is 0 Å². The summed E-state index contributed by atoms with van der Waals surface area (Å²) in [7, 11) is 0. The fourth-order valence-electron chi connectivity index (χ4n) is 1.98. The van der Waals surface area contributed by atoms with Gasteiger partial charge in [0.05, 0.1) is 5.75 Å². The van der Waals surface area contributed by atoms with Crippen molar-refractivity contribution in [2.75, 3.05) is 18.1 Å². The first kappa shape index (κ1) is 20.9. The Morgan fingerprint density at radius 1 is 1.20 bits per heavy atom. The molecule has 0 fully saturated rings. The summed E-state index contributed by atoms with van der Waals surface area (Å²) < 4.78 is 27.3. The predicted octanol–water partition coefficient (Wildman–Crippen LogP) is 1.65. The molecule has 9 heteroatoms. The first-order valence-electron chi connectivity index (χ1n) is 7.56. The molecule has 6 nitrogen and oxygen atoms in total. The lowest BCUT2D eigenvalue weighted by molar-refractivity contribution is -0.133. The van der Waals surface area contributed by atoms with Gasteiger partial charge in [-0.05, 0) is 18.1 Å². The monoisotopic (exact) mass is 374 g/mol. The largest absolute Gasteiger partial charge is 0.481 e. The van der Waals surface area contributed by atoms with Gasteiger partial charge in [0, 0.05) is 12.3 Å². The van der Waals surface area contributed by atoms with E-state index < -0.39 is 41.0 Å². The molecule has 0 radical (unpaired) electrons. The number of hydrogen-bond acceptors (Lipinski definition) is 4. The average molecular weight is 374 g/mol. The summed E-state index contributed by atoms with van der Waals surface area (Å²) in [5.74, 6) is -4.48. The molecule has 1 unspecified atom stereocenters. The maximum atomic E-state index is 13.7. The number of halogens is 2. The van der Waals surface area contributed by atoms with E-state index in [1.807, 2.05) is 0 Å². The number of amides is 2. The van der Waals surface area contributed by atoms with Crippen LogP contribution in [-0.4, -0.2) is 47.0 Å². The van der Waals surface area contributed by atoms with E-state index in [4.69, 9.17) is 5.11 Å². The second kappa shape index (κ2) is 9.97. The Labute approximate surface area is 148 Å². The number of rotatable bonds is 9. The van der Waals surface area contributed by atoms with Crippen molar-refractivity contribution >= 4 is 29.5 Å². The van der Waals surface area contributed by atoms with Crippen LogP contribution < -0.4 is 10.6 Å². The zero-order valence-corrected chi connectivity index (χ0v) is 14.7. The predicted molar refractivity (Wildman–Crippen MR) is 90.4 cm³/mol. The fraction of sp³-hybridized carbons (Fsp3) is 0.438. The van der Waals surface area contributed by atoms with Gasteiger partial charge < -0.3 is 15.7 Å². The number of carbonyl (C=O) groups is 3. The van der Waals surface area contributed by atoms with E-state index in [1.165, 1.54) is 0 Å². The second-order valence-electron chi connectivity index (χ2n) is 5.53. The summed E-state index contributed by atoms with van der Waals surface area (Å²) in [5, 5.41) is 13.4. The highest BCUT2D eigenvalue weighted by Gasteiger charge is 2.27. The van der Waals surface area contributed by atoms with E-state index in [9.17, 15) is 23.2 Å². The average Bonchev–Trinajstić information content (AvgIpc) is 2.51. The molecule has 0 aliphatic carbocycles. The van der Waals surface area contributed by atoms with Crippen molar-refractivity contribution in [3.63, 3.8) is 0 Å². The lowest BCUT2D eigenvalue weighted by Crippen LogP contribution is -2.50. The first-order valence-corrected chi connectivity index (χ1v) is 8.71. The van der Waals surface area contributed by atoms with Crippen LogP contribution in [0.25, 0.3) is 0 Å². The molecule has 0 saturated carbocycles. The minimum absolute atomic E-state index is 0.0766. The molecule has 0 bridgehead atoms. The Kier molecular flexibility index (Phi) is 8.33. The van der Waals surface area contributed by atoms with E-state index in [1.54, 1.807) is 13.8 Å². The summed E-state index contributed by atoms with van der Waals surface area (Å²) in [6, 6.07) is 2.09. The smallest absolute Gasteiger partial charge is 0.313 e. The van der Waals surface area contributed by atoms with Gasteiger partial charge in [-0.3, -0.25) is 14.4 Å². The van der Waals surface area contributed by atoms with Crippen molar-refractivity contribution in [2.24, 2.45) is 5.92 Å². The van der Waals surface area contributed by atoms with Crippen molar-refractivity contribution < 1.29 is 28.3 Å². The summed E-state index contributed by atoms with van der Waals surface area (Å²) in [6.45, 7) is 3.58. The normalized spacial score (nSPS) is 11.9. The third-order valence-electron chi connectivity index (χ3n) is 3.20. The molecule has 25 heavy (non-hydrogen) atoms. The molecule has 3 N–H and O–H groups in total. The van der Waals surface area contributed by atoms with E-state index >= 15 is 0 Å². The summed E-state index contributed by atoms with van der Waals surface area (Å²) in [6.07, 6.45) is 0. The van der Waals surface area contributed by atoms with Crippen molar-refractivity contribution in [3.8, 4) is 0 Å². The molecule has 1 atom stereocenters. The SMILES string of the molecule is CC(C)C(NC(=O)c1c(F)cccc1F)C(=O)NCCSCC(=O)O. The molecule has 0 spiro atoms. The lowest BCUT2D eigenvalue weighted by atomic mass is 10.0. The molecular formula is C16H20F2N2O4S. The number of thioether (sulfide) groups is 1. The van der Waals surface area contributed by atoms with Gasteiger partial charge in [0.1, 0.15) is 23.2 Å². The topological polar surface area (TPSA) is 95.5 Å². The van der Waals surface area contributed by atoms with Crippen LogP contribution >= 0.6 is 11.8 Å². The van der Waals surface area contributed by atoms with Crippen molar-refractivity contribution in [2.45, 2.75) is 19.9 Å². The quantitative estimate of drug-likeness (QED) is 0.572. The van der Waals surface area contributed by atoms with Gasteiger partial charge in [0.25, 0.3) is 5.91 Å². The van der Waals surface area contributed by atoms with Gasteiger partial charge in [-0.2, -0.15) is 0 Å². The first-order chi connectivity index (χ1) is 11.7. The van der Waals surface area contributed by atoms with Crippen LogP contribution in [0.3, 0.4) is 0 Å². The third kappa shape index (κ3) is 6.69.